The Morgan fingerprint density at radius 3 is 2.95 bits per heavy atom. The summed E-state index contributed by atoms with van der Waals surface area (Å²) in [4.78, 5) is 23.8. The van der Waals surface area contributed by atoms with Crippen LogP contribution >= 0.6 is 0 Å². The summed E-state index contributed by atoms with van der Waals surface area (Å²) in [5.74, 6) is -0.920. The average molecular weight is 263 g/mol. The minimum Gasteiger partial charge on any atom is -0.480 e. The Morgan fingerprint density at radius 1 is 1.53 bits per heavy atom. The molecule has 0 fully saturated rings. The van der Waals surface area contributed by atoms with Crippen molar-refractivity contribution in [1.29, 1.82) is 0 Å². The number of amides is 1. The fraction of sp³-hybridized carbons (Fsp3) is 0.385. The highest BCUT2D eigenvalue weighted by Crippen LogP contribution is 2.29. The number of aryl methyl sites for hydroxylation is 1. The first-order valence-electron chi connectivity index (χ1n) is 6.11. The van der Waals surface area contributed by atoms with E-state index in [1.807, 2.05) is 18.2 Å². The Morgan fingerprint density at radius 2 is 2.26 bits per heavy atom. The molecule has 0 radical (unpaired) electrons. The molecule has 6 nitrogen and oxygen atoms in total. The Balaban J connectivity index is 2.09. The number of nitrogens with one attached hydrogen (secondary N) is 1. The fourth-order valence-corrected chi connectivity index (χ4v) is 2.08. The number of carboxylic acid groups (broad SMARTS) is 1. The van der Waals surface area contributed by atoms with Crippen molar-refractivity contribution in [2.24, 2.45) is 5.73 Å². The molecule has 6 heteroatoms. The molecule has 2 rings (SSSR count). The van der Waals surface area contributed by atoms with Gasteiger partial charge in [0.1, 0.15) is 6.04 Å². The van der Waals surface area contributed by atoms with Gasteiger partial charge in [0.05, 0.1) is 0 Å². The maximum Gasteiger partial charge on any atom is 0.322 e. The van der Waals surface area contributed by atoms with Crippen LogP contribution in [0.25, 0.3) is 0 Å². The van der Waals surface area contributed by atoms with E-state index in [0.717, 1.165) is 16.9 Å². The standard InChI is InChI=1S/C13H17N3O3/c1-16-11-4-3-9(15-7-10(14)13(18)19)6-8(11)2-5-12(16)17/h3-4,6,10,15H,2,5,7,14H2,1H3,(H,18,19). The third-order valence-corrected chi connectivity index (χ3v) is 3.27. The van der Waals surface area contributed by atoms with Crippen molar-refractivity contribution in [3.8, 4) is 0 Å². The lowest BCUT2D eigenvalue weighted by Crippen LogP contribution is -2.37. The summed E-state index contributed by atoms with van der Waals surface area (Å²) in [5.41, 5.74) is 8.23. The molecule has 4 N–H and O–H groups in total. The molecular weight excluding hydrogens is 246 g/mol. The molecule has 1 aliphatic heterocycles. The molecule has 0 spiro atoms. The summed E-state index contributed by atoms with van der Waals surface area (Å²) in [7, 11) is 1.76. The summed E-state index contributed by atoms with van der Waals surface area (Å²) >= 11 is 0. The van der Waals surface area contributed by atoms with E-state index in [4.69, 9.17) is 10.8 Å². The third-order valence-electron chi connectivity index (χ3n) is 3.27. The second-order valence-electron chi connectivity index (χ2n) is 4.62. The van der Waals surface area contributed by atoms with E-state index in [0.29, 0.717) is 12.8 Å². The number of carbonyl (C=O) groups excluding carboxylic acids is 1. The Bertz CT molecular complexity index is 516. The van der Waals surface area contributed by atoms with Crippen LogP contribution < -0.4 is 16.0 Å². The van der Waals surface area contributed by atoms with E-state index in [9.17, 15) is 9.59 Å². The van der Waals surface area contributed by atoms with Crippen LogP contribution in [0.15, 0.2) is 18.2 Å². The van der Waals surface area contributed by atoms with Gasteiger partial charge in [0.15, 0.2) is 0 Å². The van der Waals surface area contributed by atoms with Crippen LogP contribution in [-0.4, -0.2) is 36.6 Å². The van der Waals surface area contributed by atoms with Gasteiger partial charge in [-0.05, 0) is 30.2 Å². The van der Waals surface area contributed by atoms with Gasteiger partial charge in [-0.3, -0.25) is 9.59 Å². The lowest BCUT2D eigenvalue weighted by Gasteiger charge is -2.26. The van der Waals surface area contributed by atoms with Gasteiger partial charge >= 0.3 is 5.97 Å². The number of fused-ring (bicyclic) bond motifs is 1. The monoisotopic (exact) mass is 263 g/mol. The summed E-state index contributed by atoms with van der Waals surface area (Å²) in [5, 5.41) is 11.7. The zero-order chi connectivity index (χ0) is 14.0. The van der Waals surface area contributed by atoms with Gasteiger partial charge < -0.3 is 21.1 Å². The highest BCUT2D eigenvalue weighted by atomic mass is 16.4. The van der Waals surface area contributed by atoms with Crippen molar-refractivity contribution in [2.45, 2.75) is 18.9 Å². The summed E-state index contributed by atoms with van der Waals surface area (Å²) in [6.45, 7) is 0.170. The molecule has 1 aromatic carbocycles. The first-order valence-corrected chi connectivity index (χ1v) is 6.11. The molecule has 0 saturated carbocycles. The van der Waals surface area contributed by atoms with Crippen molar-refractivity contribution in [3.63, 3.8) is 0 Å². The Labute approximate surface area is 111 Å². The molecule has 1 aromatic rings. The zero-order valence-corrected chi connectivity index (χ0v) is 10.7. The van der Waals surface area contributed by atoms with Gasteiger partial charge in [0.2, 0.25) is 5.91 Å². The predicted octanol–water partition coefficient (Wildman–Crippen LogP) is 0.419. The van der Waals surface area contributed by atoms with E-state index in [-0.39, 0.29) is 12.5 Å². The van der Waals surface area contributed by atoms with E-state index in [1.54, 1.807) is 11.9 Å². The van der Waals surface area contributed by atoms with Gasteiger partial charge in [-0.25, -0.2) is 0 Å². The molecule has 102 valence electrons. The van der Waals surface area contributed by atoms with E-state index >= 15 is 0 Å². The van der Waals surface area contributed by atoms with Crippen LogP contribution in [0.4, 0.5) is 11.4 Å². The topological polar surface area (TPSA) is 95.7 Å². The molecule has 1 unspecified atom stereocenters. The third kappa shape index (κ3) is 2.85. The number of nitrogens with zero attached hydrogens (tertiary/aromatic N) is 1. The van der Waals surface area contributed by atoms with Crippen molar-refractivity contribution < 1.29 is 14.7 Å². The molecular formula is C13H17N3O3. The molecule has 0 aromatic heterocycles. The summed E-state index contributed by atoms with van der Waals surface area (Å²) in [6.07, 6.45) is 1.21. The number of nitrogens with two attached hydrogens (primary N) is 1. The molecule has 1 atom stereocenters. The van der Waals surface area contributed by atoms with Crippen LogP contribution in [0.2, 0.25) is 0 Å². The predicted molar refractivity (Wildman–Crippen MR) is 72.3 cm³/mol. The second-order valence-corrected chi connectivity index (χ2v) is 4.62. The van der Waals surface area contributed by atoms with Crippen LogP contribution in [-0.2, 0) is 16.0 Å². The normalized spacial score (nSPS) is 15.9. The maximum absolute atomic E-state index is 11.6. The van der Waals surface area contributed by atoms with E-state index in [2.05, 4.69) is 5.32 Å². The summed E-state index contributed by atoms with van der Waals surface area (Å²) in [6, 6.07) is 4.69. The number of aliphatic carboxylic acids is 1. The molecule has 19 heavy (non-hydrogen) atoms. The Kier molecular flexibility index (Phi) is 3.71. The first kappa shape index (κ1) is 13.4. The Hall–Kier alpha value is -2.08. The molecule has 1 heterocycles. The van der Waals surface area contributed by atoms with Gasteiger partial charge in [-0.1, -0.05) is 0 Å². The lowest BCUT2D eigenvalue weighted by atomic mass is 10.0. The van der Waals surface area contributed by atoms with Gasteiger partial charge in [0, 0.05) is 31.4 Å². The highest BCUT2D eigenvalue weighted by Gasteiger charge is 2.20. The number of carboxylic acids is 1. The second kappa shape index (κ2) is 5.27. The van der Waals surface area contributed by atoms with Crippen LogP contribution in [0.5, 0.6) is 0 Å². The van der Waals surface area contributed by atoms with Crippen molar-refractivity contribution >= 4 is 23.3 Å². The summed E-state index contributed by atoms with van der Waals surface area (Å²) < 4.78 is 0. The number of carbonyl (C=O) groups is 2. The first-order chi connectivity index (χ1) is 8.99. The molecule has 0 bridgehead atoms. The number of hydrogen-bond acceptors (Lipinski definition) is 4. The van der Waals surface area contributed by atoms with E-state index in [1.165, 1.54) is 0 Å². The van der Waals surface area contributed by atoms with Crippen molar-refractivity contribution in [3.05, 3.63) is 23.8 Å². The molecule has 1 aliphatic rings. The van der Waals surface area contributed by atoms with Gasteiger partial charge in [0.25, 0.3) is 0 Å². The molecule has 1 amide bonds. The van der Waals surface area contributed by atoms with Gasteiger partial charge in [-0.15, -0.1) is 0 Å². The van der Waals surface area contributed by atoms with Gasteiger partial charge in [-0.2, -0.15) is 0 Å². The zero-order valence-electron chi connectivity index (χ0n) is 10.7. The van der Waals surface area contributed by atoms with Crippen LogP contribution in [0, 0.1) is 0 Å². The number of benzene rings is 1. The highest BCUT2D eigenvalue weighted by molar-refractivity contribution is 5.96. The van der Waals surface area contributed by atoms with Crippen LogP contribution in [0.1, 0.15) is 12.0 Å². The lowest BCUT2D eigenvalue weighted by molar-refractivity contribution is -0.138. The minimum absolute atomic E-state index is 0.112. The number of rotatable bonds is 4. The van der Waals surface area contributed by atoms with Crippen molar-refractivity contribution in [2.75, 3.05) is 23.8 Å². The smallest absolute Gasteiger partial charge is 0.322 e. The van der Waals surface area contributed by atoms with Crippen molar-refractivity contribution in [1.82, 2.24) is 0 Å². The fourth-order valence-electron chi connectivity index (χ4n) is 2.08. The molecule has 0 saturated heterocycles. The molecule has 0 aliphatic carbocycles. The largest absolute Gasteiger partial charge is 0.480 e. The van der Waals surface area contributed by atoms with Crippen LogP contribution in [0.3, 0.4) is 0 Å². The SMILES string of the molecule is CN1C(=O)CCc2cc(NCC(N)C(=O)O)ccc21. The number of anilines is 2. The van der Waals surface area contributed by atoms with E-state index < -0.39 is 12.0 Å². The number of hydrogen-bond donors (Lipinski definition) is 3. The minimum atomic E-state index is -1.03. The maximum atomic E-state index is 11.6. The average Bonchev–Trinajstić information content (AvgIpc) is 2.40. The quantitative estimate of drug-likeness (QED) is 0.731.